The van der Waals surface area contributed by atoms with Crippen LogP contribution in [0.25, 0.3) is 0 Å². The van der Waals surface area contributed by atoms with Crippen molar-refractivity contribution in [3.8, 4) is 11.5 Å². The van der Waals surface area contributed by atoms with E-state index in [1.54, 1.807) is 6.92 Å². The number of hydrogen-bond acceptors (Lipinski definition) is 4. The number of benzene rings is 2. The minimum absolute atomic E-state index is 0. The van der Waals surface area contributed by atoms with Crippen molar-refractivity contribution in [1.29, 1.82) is 0 Å². The Morgan fingerprint density at radius 1 is 0.912 bits per heavy atom. The summed E-state index contributed by atoms with van der Waals surface area (Å²) in [6.07, 6.45) is -7.50. The van der Waals surface area contributed by atoms with E-state index < -0.39 is 23.6 Å². The third-order valence-corrected chi connectivity index (χ3v) is 5.30. The minimum atomic E-state index is -4.77. The molecule has 3 N–H and O–H groups in total. The van der Waals surface area contributed by atoms with Gasteiger partial charge in [-0.2, -0.15) is 13.2 Å². The highest BCUT2D eigenvalue weighted by atomic mass is 35.5. The topological polar surface area (TPSA) is 64.7 Å². The molecular weight excluding hydrogens is 488 g/mol. The van der Waals surface area contributed by atoms with E-state index in [0.717, 1.165) is 6.07 Å². The van der Waals surface area contributed by atoms with E-state index >= 15 is 0 Å². The molecule has 11 heteroatoms. The van der Waals surface area contributed by atoms with Gasteiger partial charge in [0, 0.05) is 5.54 Å². The van der Waals surface area contributed by atoms with Crippen LogP contribution in [0.2, 0.25) is 0 Å². The number of halogens is 7. The first kappa shape index (κ1) is 29.9. The zero-order valence-corrected chi connectivity index (χ0v) is 19.3. The van der Waals surface area contributed by atoms with E-state index in [-0.39, 0.29) is 43.5 Å². The van der Waals surface area contributed by atoms with E-state index in [4.69, 9.17) is 10.5 Å². The summed E-state index contributed by atoms with van der Waals surface area (Å²) in [7, 11) is 0. The lowest BCUT2D eigenvalue weighted by Gasteiger charge is -2.25. The normalized spacial score (nSPS) is 13.7. The van der Waals surface area contributed by atoms with Crippen LogP contribution < -0.4 is 15.2 Å². The molecule has 192 valence electrons. The zero-order chi connectivity index (χ0) is 24.7. The van der Waals surface area contributed by atoms with Crippen LogP contribution in [-0.4, -0.2) is 30.2 Å². The fraction of sp³-hybridized carbons (Fsp3) is 0.478. The Hall–Kier alpha value is -2.17. The van der Waals surface area contributed by atoms with Crippen molar-refractivity contribution >= 4 is 12.4 Å². The van der Waals surface area contributed by atoms with Crippen molar-refractivity contribution in [2.75, 3.05) is 13.2 Å². The standard InChI is InChI=1S/C23H27F6NO3.ClH/c1-2-21(30,15-31)12-11-17-7-10-20(19(14-17)22(24,25)26)32-13-3-4-16-5-8-18(9-6-16)33-23(27,28)29;/h5-10,14,31H,2-4,11-13,15,30H2,1H3;1H. The maximum Gasteiger partial charge on any atom is 0.573 e. The Bertz CT molecular complexity index is 884. The maximum absolute atomic E-state index is 13.5. The molecule has 0 saturated heterocycles. The van der Waals surface area contributed by atoms with Gasteiger partial charge >= 0.3 is 12.5 Å². The second kappa shape index (κ2) is 12.5. The maximum atomic E-state index is 13.5. The second-order valence-corrected chi connectivity index (χ2v) is 7.85. The molecule has 0 radical (unpaired) electrons. The molecule has 4 nitrogen and oxygen atoms in total. The smallest absolute Gasteiger partial charge is 0.493 e. The highest BCUT2D eigenvalue weighted by molar-refractivity contribution is 5.85. The lowest BCUT2D eigenvalue weighted by molar-refractivity contribution is -0.274. The molecule has 0 aromatic heterocycles. The first-order valence-electron chi connectivity index (χ1n) is 10.4. The Morgan fingerprint density at radius 2 is 1.53 bits per heavy atom. The number of rotatable bonds is 11. The van der Waals surface area contributed by atoms with Gasteiger partial charge in [-0.25, -0.2) is 0 Å². The van der Waals surface area contributed by atoms with Crippen molar-refractivity contribution in [3.63, 3.8) is 0 Å². The summed E-state index contributed by atoms with van der Waals surface area (Å²) in [4.78, 5) is 0. The van der Waals surface area contributed by atoms with Gasteiger partial charge in [-0.3, -0.25) is 0 Å². The lowest BCUT2D eigenvalue weighted by Crippen LogP contribution is -2.43. The molecular formula is C23H28ClF6NO3. The molecule has 1 unspecified atom stereocenters. The molecule has 0 aliphatic rings. The largest absolute Gasteiger partial charge is 0.573 e. The van der Waals surface area contributed by atoms with Crippen molar-refractivity contribution in [1.82, 2.24) is 0 Å². The molecule has 0 aliphatic heterocycles. The number of nitrogens with two attached hydrogens (primary N) is 1. The van der Waals surface area contributed by atoms with Crippen molar-refractivity contribution in [2.45, 2.75) is 57.1 Å². The number of alkyl halides is 6. The molecule has 0 bridgehead atoms. The fourth-order valence-corrected chi connectivity index (χ4v) is 3.16. The number of aliphatic hydroxyl groups is 1. The van der Waals surface area contributed by atoms with Gasteiger partial charge in [0.1, 0.15) is 11.5 Å². The summed E-state index contributed by atoms with van der Waals surface area (Å²) < 4.78 is 86.3. The van der Waals surface area contributed by atoms with Gasteiger partial charge in [0.05, 0.1) is 18.8 Å². The van der Waals surface area contributed by atoms with Crippen molar-refractivity contribution in [2.24, 2.45) is 5.73 Å². The van der Waals surface area contributed by atoms with Gasteiger partial charge in [0.2, 0.25) is 0 Å². The van der Waals surface area contributed by atoms with E-state index in [1.165, 1.54) is 36.4 Å². The third-order valence-electron chi connectivity index (χ3n) is 5.30. The zero-order valence-electron chi connectivity index (χ0n) is 18.5. The van der Waals surface area contributed by atoms with Gasteiger partial charge in [-0.1, -0.05) is 25.1 Å². The Balaban J connectivity index is 0.00000578. The molecule has 0 fully saturated rings. The van der Waals surface area contributed by atoms with Gasteiger partial charge in [0.25, 0.3) is 0 Å². The average Bonchev–Trinajstić information content (AvgIpc) is 2.75. The van der Waals surface area contributed by atoms with Crippen LogP contribution >= 0.6 is 12.4 Å². The highest BCUT2D eigenvalue weighted by Crippen LogP contribution is 2.37. The summed E-state index contributed by atoms with van der Waals surface area (Å²) >= 11 is 0. The molecule has 1 atom stereocenters. The van der Waals surface area contributed by atoms with Crippen molar-refractivity contribution in [3.05, 3.63) is 59.2 Å². The number of aliphatic hydroxyl groups excluding tert-OH is 1. The molecule has 34 heavy (non-hydrogen) atoms. The second-order valence-electron chi connectivity index (χ2n) is 7.85. The Labute approximate surface area is 200 Å². The van der Waals surface area contributed by atoms with E-state index in [0.29, 0.717) is 36.8 Å². The number of hydrogen-bond donors (Lipinski definition) is 2. The molecule has 0 spiro atoms. The Morgan fingerprint density at radius 3 is 2.06 bits per heavy atom. The van der Waals surface area contributed by atoms with Crippen LogP contribution in [0, 0.1) is 0 Å². The van der Waals surface area contributed by atoms with Gasteiger partial charge in [-0.05, 0) is 67.5 Å². The minimum Gasteiger partial charge on any atom is -0.493 e. The summed E-state index contributed by atoms with van der Waals surface area (Å²) in [6, 6.07) is 9.10. The average molecular weight is 516 g/mol. The SMILES string of the molecule is CCC(N)(CO)CCc1ccc(OCCCc2ccc(OC(F)(F)F)cc2)c(C(F)(F)F)c1.Cl. The Kier molecular flexibility index (Phi) is 11.0. The van der Waals surface area contributed by atoms with Crippen LogP contribution in [0.1, 0.15) is 42.9 Å². The van der Waals surface area contributed by atoms with Crippen LogP contribution in [0.3, 0.4) is 0 Å². The predicted molar refractivity (Wildman–Crippen MR) is 118 cm³/mol. The van der Waals surface area contributed by atoms with Gasteiger partial charge in [0.15, 0.2) is 0 Å². The molecule has 0 aliphatic carbocycles. The predicted octanol–water partition coefficient (Wildman–Crippen LogP) is 6.07. The highest BCUT2D eigenvalue weighted by Gasteiger charge is 2.35. The summed E-state index contributed by atoms with van der Waals surface area (Å²) in [5.74, 6) is -0.640. The first-order valence-corrected chi connectivity index (χ1v) is 10.4. The summed E-state index contributed by atoms with van der Waals surface area (Å²) in [5.41, 5.74) is 5.41. The third kappa shape index (κ3) is 9.60. The molecule has 2 aromatic carbocycles. The van der Waals surface area contributed by atoms with E-state index in [9.17, 15) is 31.4 Å². The van der Waals surface area contributed by atoms with E-state index in [2.05, 4.69) is 4.74 Å². The van der Waals surface area contributed by atoms with E-state index in [1.807, 2.05) is 0 Å². The molecule has 2 rings (SSSR count). The van der Waals surface area contributed by atoms with Gasteiger partial charge in [-0.15, -0.1) is 25.6 Å². The van der Waals surface area contributed by atoms with Gasteiger partial charge < -0.3 is 20.3 Å². The quantitative estimate of drug-likeness (QED) is 0.282. The summed E-state index contributed by atoms with van der Waals surface area (Å²) in [6.45, 7) is 1.55. The summed E-state index contributed by atoms with van der Waals surface area (Å²) in [5, 5.41) is 9.38. The van der Waals surface area contributed by atoms with Crippen LogP contribution in [0.15, 0.2) is 42.5 Å². The molecule has 0 amide bonds. The molecule has 0 heterocycles. The van der Waals surface area contributed by atoms with Crippen molar-refractivity contribution < 1.29 is 40.9 Å². The fourth-order valence-electron chi connectivity index (χ4n) is 3.16. The number of aryl methyl sites for hydroxylation is 2. The monoisotopic (exact) mass is 515 g/mol. The van der Waals surface area contributed by atoms with Crippen LogP contribution in [0.4, 0.5) is 26.3 Å². The lowest BCUT2D eigenvalue weighted by atomic mass is 9.90. The van der Waals surface area contributed by atoms with Crippen LogP contribution in [-0.2, 0) is 19.0 Å². The molecule has 0 saturated carbocycles. The number of ether oxygens (including phenoxy) is 2. The van der Waals surface area contributed by atoms with Crippen LogP contribution in [0.5, 0.6) is 11.5 Å². The first-order chi connectivity index (χ1) is 15.3. The molecule has 2 aromatic rings.